The maximum atomic E-state index is 13.1. The number of benzene rings is 1. The average Bonchev–Trinajstić information content (AvgIpc) is 2.09. The number of hydrogen-bond donors (Lipinski definition) is 0. The van der Waals surface area contributed by atoms with Gasteiger partial charge in [-0.05, 0) is 18.4 Å². The van der Waals surface area contributed by atoms with Crippen molar-refractivity contribution in [1.82, 2.24) is 0 Å². The molecule has 0 amide bonds. The van der Waals surface area contributed by atoms with Crippen molar-refractivity contribution in [1.29, 1.82) is 5.26 Å². The van der Waals surface area contributed by atoms with E-state index in [1.807, 2.05) is 18.4 Å². The van der Waals surface area contributed by atoms with Gasteiger partial charge < -0.3 is 0 Å². The second-order valence-electron chi connectivity index (χ2n) is 2.26. The fourth-order valence-electron chi connectivity index (χ4n) is 0.981. The fraction of sp³-hybridized carbons (Fsp3) is 0.222. The first-order valence-electron chi connectivity index (χ1n) is 3.48. The Morgan fingerprint density at radius 3 is 2.92 bits per heavy atom. The van der Waals surface area contributed by atoms with Crippen LogP contribution < -0.4 is 0 Å². The number of hydrogen-bond acceptors (Lipinski definition) is 2. The summed E-state index contributed by atoms with van der Waals surface area (Å²) in [5.41, 5.74) is 0.507. The highest BCUT2D eigenvalue weighted by Gasteiger charge is 2.05. The lowest BCUT2D eigenvalue weighted by atomic mass is 10.1. The lowest BCUT2D eigenvalue weighted by Gasteiger charge is -2.03. The largest absolute Gasteiger partial charge is 0.207 e. The third-order valence-corrected chi connectivity index (χ3v) is 2.37. The molecule has 0 bridgehead atoms. The van der Waals surface area contributed by atoms with E-state index < -0.39 is 0 Å². The molecular formula is C9H8FNS. The van der Waals surface area contributed by atoms with E-state index in [2.05, 4.69) is 0 Å². The van der Waals surface area contributed by atoms with Gasteiger partial charge in [-0.25, -0.2) is 4.39 Å². The highest BCUT2D eigenvalue weighted by atomic mass is 32.2. The molecule has 0 saturated carbocycles. The monoisotopic (exact) mass is 181 g/mol. The molecule has 0 N–H and O–H groups in total. The summed E-state index contributed by atoms with van der Waals surface area (Å²) in [5, 5.41) is 8.44. The summed E-state index contributed by atoms with van der Waals surface area (Å²) >= 11 is 1.46. The third-order valence-electron chi connectivity index (χ3n) is 1.55. The van der Waals surface area contributed by atoms with Gasteiger partial charge in [-0.3, -0.25) is 0 Å². The number of thioether (sulfide) groups is 1. The highest BCUT2D eigenvalue weighted by Crippen LogP contribution is 2.22. The van der Waals surface area contributed by atoms with Crippen LogP contribution in [0.25, 0.3) is 0 Å². The van der Waals surface area contributed by atoms with E-state index in [-0.39, 0.29) is 12.2 Å². The highest BCUT2D eigenvalue weighted by molar-refractivity contribution is 7.98. The van der Waals surface area contributed by atoms with Crippen LogP contribution in [0.4, 0.5) is 4.39 Å². The summed E-state index contributed by atoms with van der Waals surface area (Å²) in [6, 6.07) is 6.80. The topological polar surface area (TPSA) is 23.8 Å². The normalized spacial score (nSPS) is 9.42. The molecule has 1 aromatic rings. The van der Waals surface area contributed by atoms with Crippen molar-refractivity contribution in [2.24, 2.45) is 0 Å². The van der Waals surface area contributed by atoms with Crippen LogP contribution in [0.5, 0.6) is 0 Å². The molecule has 0 saturated heterocycles. The molecule has 62 valence electrons. The molecular weight excluding hydrogens is 173 g/mol. The minimum Gasteiger partial charge on any atom is -0.207 e. The predicted octanol–water partition coefficient (Wildman–Crippen LogP) is 2.61. The first kappa shape index (κ1) is 9.08. The molecule has 0 atom stereocenters. The van der Waals surface area contributed by atoms with Gasteiger partial charge in [-0.15, -0.1) is 11.8 Å². The van der Waals surface area contributed by atoms with Gasteiger partial charge in [0.1, 0.15) is 5.82 Å². The summed E-state index contributed by atoms with van der Waals surface area (Å²) in [4.78, 5) is 0.844. The van der Waals surface area contributed by atoms with Crippen LogP contribution >= 0.6 is 11.8 Å². The Kier molecular flexibility index (Phi) is 3.12. The van der Waals surface area contributed by atoms with Crippen LogP contribution in [0, 0.1) is 17.1 Å². The Morgan fingerprint density at radius 2 is 2.33 bits per heavy atom. The lowest BCUT2D eigenvalue weighted by molar-refractivity contribution is 0.610. The van der Waals surface area contributed by atoms with Crippen molar-refractivity contribution < 1.29 is 4.39 Å². The zero-order chi connectivity index (χ0) is 8.97. The molecule has 1 rings (SSSR count). The quantitative estimate of drug-likeness (QED) is 0.655. The standard InChI is InChI=1S/C9H8FNS/c1-12-9-4-2-3-8(10)7(9)5-6-11/h2-4H,5H2,1H3. The van der Waals surface area contributed by atoms with Crippen molar-refractivity contribution in [3.05, 3.63) is 29.6 Å². The molecule has 0 aliphatic carbocycles. The molecule has 1 aromatic carbocycles. The zero-order valence-electron chi connectivity index (χ0n) is 6.67. The van der Waals surface area contributed by atoms with Gasteiger partial charge in [0.2, 0.25) is 0 Å². The van der Waals surface area contributed by atoms with E-state index in [4.69, 9.17) is 5.26 Å². The zero-order valence-corrected chi connectivity index (χ0v) is 7.49. The van der Waals surface area contributed by atoms with Crippen LogP contribution in [-0.4, -0.2) is 6.26 Å². The van der Waals surface area contributed by atoms with Crippen LogP contribution in [0.2, 0.25) is 0 Å². The molecule has 0 unspecified atom stereocenters. The van der Waals surface area contributed by atoms with Crippen molar-refractivity contribution in [3.63, 3.8) is 0 Å². The van der Waals surface area contributed by atoms with Crippen LogP contribution in [-0.2, 0) is 6.42 Å². The van der Waals surface area contributed by atoms with Gasteiger partial charge in [0.05, 0.1) is 12.5 Å². The lowest BCUT2D eigenvalue weighted by Crippen LogP contribution is -1.90. The molecule has 0 aromatic heterocycles. The van der Waals surface area contributed by atoms with Gasteiger partial charge in [0, 0.05) is 10.5 Å². The van der Waals surface area contributed by atoms with E-state index in [1.165, 1.54) is 17.8 Å². The fourth-order valence-corrected chi connectivity index (χ4v) is 1.61. The minimum absolute atomic E-state index is 0.142. The van der Waals surface area contributed by atoms with E-state index >= 15 is 0 Å². The Bertz CT molecular complexity index is 317. The smallest absolute Gasteiger partial charge is 0.128 e. The van der Waals surface area contributed by atoms with E-state index in [1.54, 1.807) is 6.07 Å². The van der Waals surface area contributed by atoms with Gasteiger partial charge >= 0.3 is 0 Å². The molecule has 12 heavy (non-hydrogen) atoms. The molecule has 0 radical (unpaired) electrons. The minimum atomic E-state index is -0.289. The van der Waals surface area contributed by atoms with Crippen LogP contribution in [0.3, 0.4) is 0 Å². The SMILES string of the molecule is CSc1cccc(F)c1CC#N. The third kappa shape index (κ3) is 1.77. The van der Waals surface area contributed by atoms with Crippen LogP contribution in [0.15, 0.2) is 23.1 Å². The van der Waals surface area contributed by atoms with Gasteiger partial charge in [-0.2, -0.15) is 5.26 Å². The maximum Gasteiger partial charge on any atom is 0.128 e. The maximum absolute atomic E-state index is 13.1. The summed E-state index contributed by atoms with van der Waals surface area (Å²) in [5.74, 6) is -0.289. The molecule has 0 heterocycles. The summed E-state index contributed by atoms with van der Waals surface area (Å²) in [6.07, 6.45) is 2.01. The second kappa shape index (κ2) is 4.13. The first-order valence-corrected chi connectivity index (χ1v) is 4.70. The van der Waals surface area contributed by atoms with Crippen molar-refractivity contribution >= 4 is 11.8 Å². The molecule has 0 fully saturated rings. The van der Waals surface area contributed by atoms with Gasteiger partial charge in [0.25, 0.3) is 0 Å². The number of nitrogens with zero attached hydrogens (tertiary/aromatic N) is 1. The Morgan fingerprint density at radius 1 is 1.58 bits per heavy atom. The van der Waals surface area contributed by atoms with Crippen molar-refractivity contribution in [3.8, 4) is 6.07 Å². The number of halogens is 1. The van der Waals surface area contributed by atoms with E-state index in [9.17, 15) is 4.39 Å². The molecule has 0 spiro atoms. The van der Waals surface area contributed by atoms with Crippen LogP contribution in [0.1, 0.15) is 5.56 Å². The molecule has 1 nitrogen and oxygen atoms in total. The number of nitriles is 1. The van der Waals surface area contributed by atoms with E-state index in [0.717, 1.165) is 4.90 Å². The summed E-state index contributed by atoms with van der Waals surface area (Å²) in [6.45, 7) is 0. The Balaban J connectivity index is 3.12. The van der Waals surface area contributed by atoms with E-state index in [0.29, 0.717) is 5.56 Å². The van der Waals surface area contributed by atoms with Crippen molar-refractivity contribution in [2.45, 2.75) is 11.3 Å². The number of rotatable bonds is 2. The predicted molar refractivity (Wildman–Crippen MR) is 47.5 cm³/mol. The van der Waals surface area contributed by atoms with Gasteiger partial charge in [-0.1, -0.05) is 6.07 Å². The Hall–Kier alpha value is -1.01. The van der Waals surface area contributed by atoms with Gasteiger partial charge in [0.15, 0.2) is 0 Å². The molecule has 3 heteroatoms. The first-order chi connectivity index (χ1) is 5.79. The summed E-state index contributed by atoms with van der Waals surface area (Å²) in [7, 11) is 0. The average molecular weight is 181 g/mol. The van der Waals surface area contributed by atoms with Crippen molar-refractivity contribution in [2.75, 3.05) is 6.26 Å². The Labute approximate surface area is 75.2 Å². The second-order valence-corrected chi connectivity index (χ2v) is 3.10. The molecule has 0 aliphatic rings. The molecule has 0 aliphatic heterocycles. The summed E-state index contributed by atoms with van der Waals surface area (Å²) < 4.78 is 13.1.